The van der Waals surface area contributed by atoms with Gasteiger partial charge >= 0.3 is 0 Å². The molecule has 0 saturated heterocycles. The van der Waals surface area contributed by atoms with Gasteiger partial charge in [-0.1, -0.05) is 13.8 Å². The monoisotopic (exact) mass is 264 g/mol. The summed E-state index contributed by atoms with van der Waals surface area (Å²) in [5.74, 6) is 0.400. The van der Waals surface area contributed by atoms with Gasteiger partial charge in [0.15, 0.2) is 0 Å². The largest absolute Gasteiger partial charge is 0.351 e. The van der Waals surface area contributed by atoms with Gasteiger partial charge < -0.3 is 15.6 Å². The molecule has 106 valence electrons. The van der Waals surface area contributed by atoms with E-state index in [0.717, 1.165) is 19.3 Å². The molecule has 2 rings (SSSR count). The van der Waals surface area contributed by atoms with E-state index in [-0.39, 0.29) is 18.0 Å². The Hall–Kier alpha value is -1.36. The highest BCUT2D eigenvalue weighted by Crippen LogP contribution is 2.29. The first-order valence-corrected chi connectivity index (χ1v) is 7.10. The number of nitrogens with two attached hydrogens (primary N) is 1. The molecule has 1 aliphatic rings. The maximum absolute atomic E-state index is 12.0. The lowest BCUT2D eigenvalue weighted by molar-refractivity contribution is -0.122. The summed E-state index contributed by atoms with van der Waals surface area (Å²) in [6.45, 7) is 4.09. The lowest BCUT2D eigenvalue weighted by Crippen LogP contribution is -2.41. The van der Waals surface area contributed by atoms with Crippen LogP contribution in [0.4, 0.5) is 0 Å². The molecule has 1 fully saturated rings. The number of rotatable bonds is 5. The van der Waals surface area contributed by atoms with Crippen molar-refractivity contribution in [3.8, 4) is 0 Å². The number of hydrogen-bond donors (Lipinski definition) is 2. The first-order valence-electron chi connectivity index (χ1n) is 7.10. The Kier molecular flexibility index (Phi) is 4.58. The van der Waals surface area contributed by atoms with Crippen molar-refractivity contribution in [1.29, 1.82) is 0 Å². The highest BCUT2D eigenvalue weighted by Gasteiger charge is 2.29. The third kappa shape index (κ3) is 3.56. The van der Waals surface area contributed by atoms with Crippen LogP contribution in [0.15, 0.2) is 18.7 Å². The minimum atomic E-state index is -0.0619. The van der Waals surface area contributed by atoms with Crippen LogP contribution in [0.5, 0.6) is 0 Å². The van der Waals surface area contributed by atoms with Gasteiger partial charge in [-0.3, -0.25) is 4.79 Å². The lowest BCUT2D eigenvalue weighted by atomic mass is 10.0. The number of amides is 1. The number of aromatic nitrogens is 2. The zero-order valence-electron chi connectivity index (χ0n) is 11.7. The molecule has 1 amide bonds. The molecule has 0 bridgehead atoms. The van der Waals surface area contributed by atoms with Gasteiger partial charge in [0.25, 0.3) is 0 Å². The molecular formula is C14H24N4O. The Bertz CT molecular complexity index is 402. The molecule has 0 aromatic carbocycles. The Morgan fingerprint density at radius 3 is 2.95 bits per heavy atom. The Morgan fingerprint density at radius 2 is 2.32 bits per heavy atom. The van der Waals surface area contributed by atoms with E-state index in [1.54, 1.807) is 6.20 Å². The van der Waals surface area contributed by atoms with E-state index in [1.165, 1.54) is 0 Å². The van der Waals surface area contributed by atoms with Crippen molar-refractivity contribution in [3.63, 3.8) is 0 Å². The highest BCUT2D eigenvalue weighted by atomic mass is 16.1. The van der Waals surface area contributed by atoms with E-state index in [9.17, 15) is 4.79 Å². The summed E-state index contributed by atoms with van der Waals surface area (Å²) in [5, 5.41) is 3.14. The molecule has 1 aliphatic carbocycles. The van der Waals surface area contributed by atoms with Crippen molar-refractivity contribution < 1.29 is 4.79 Å². The summed E-state index contributed by atoms with van der Waals surface area (Å²) in [6.07, 6.45) is 9.26. The topological polar surface area (TPSA) is 72.9 Å². The second kappa shape index (κ2) is 6.19. The summed E-state index contributed by atoms with van der Waals surface area (Å²) in [5.41, 5.74) is 5.94. The minimum absolute atomic E-state index is 0.0619. The van der Waals surface area contributed by atoms with Crippen LogP contribution in [0.2, 0.25) is 0 Å². The molecule has 0 aliphatic heterocycles. The van der Waals surface area contributed by atoms with Gasteiger partial charge in [-0.25, -0.2) is 4.98 Å². The number of carbonyl (C=O) groups is 1. The molecule has 0 radical (unpaired) electrons. The van der Waals surface area contributed by atoms with Crippen LogP contribution >= 0.6 is 0 Å². The Morgan fingerprint density at radius 1 is 1.53 bits per heavy atom. The number of imidazole rings is 1. The lowest BCUT2D eigenvalue weighted by Gasteiger charge is -2.23. The first kappa shape index (κ1) is 14.1. The molecule has 1 saturated carbocycles. The van der Waals surface area contributed by atoms with Crippen molar-refractivity contribution in [3.05, 3.63) is 18.7 Å². The van der Waals surface area contributed by atoms with E-state index in [1.807, 2.05) is 26.4 Å². The number of carbonyl (C=O) groups excluding carboxylic acids is 1. The summed E-state index contributed by atoms with van der Waals surface area (Å²) in [4.78, 5) is 16.1. The molecule has 3 N–H and O–H groups in total. The van der Waals surface area contributed by atoms with Crippen molar-refractivity contribution in [1.82, 2.24) is 14.9 Å². The smallest absolute Gasteiger partial charge is 0.221 e. The third-order valence-corrected chi connectivity index (χ3v) is 4.01. The van der Waals surface area contributed by atoms with Crippen LogP contribution in [-0.4, -0.2) is 27.5 Å². The van der Waals surface area contributed by atoms with Crippen molar-refractivity contribution in [2.24, 2.45) is 11.7 Å². The fourth-order valence-corrected chi connectivity index (χ4v) is 2.65. The highest BCUT2D eigenvalue weighted by molar-refractivity contribution is 5.77. The van der Waals surface area contributed by atoms with Gasteiger partial charge in [0.1, 0.15) is 0 Å². The molecular weight excluding hydrogens is 240 g/mol. The van der Waals surface area contributed by atoms with Gasteiger partial charge in [0, 0.05) is 30.9 Å². The van der Waals surface area contributed by atoms with Gasteiger partial charge in [0.05, 0.1) is 12.4 Å². The maximum Gasteiger partial charge on any atom is 0.221 e. The average Bonchev–Trinajstić information content (AvgIpc) is 2.97. The quantitative estimate of drug-likeness (QED) is 0.845. The zero-order chi connectivity index (χ0) is 13.8. The molecule has 19 heavy (non-hydrogen) atoms. The summed E-state index contributed by atoms with van der Waals surface area (Å²) < 4.78 is 2.10. The van der Waals surface area contributed by atoms with E-state index >= 15 is 0 Å². The SMILES string of the molecule is CC(C)C(N)CC(=O)NC1CCCC1n1ccnc1. The number of nitrogens with zero attached hydrogens (tertiary/aromatic N) is 2. The molecule has 0 spiro atoms. The second-order valence-corrected chi connectivity index (χ2v) is 5.79. The number of hydrogen-bond acceptors (Lipinski definition) is 3. The van der Waals surface area contributed by atoms with Gasteiger partial charge in [-0.05, 0) is 25.2 Å². The summed E-state index contributed by atoms with van der Waals surface area (Å²) >= 11 is 0. The third-order valence-electron chi connectivity index (χ3n) is 4.01. The maximum atomic E-state index is 12.0. The second-order valence-electron chi connectivity index (χ2n) is 5.79. The zero-order valence-corrected chi connectivity index (χ0v) is 11.7. The van der Waals surface area contributed by atoms with Crippen LogP contribution in [-0.2, 0) is 4.79 Å². The molecule has 1 aromatic rings. The van der Waals surface area contributed by atoms with E-state index in [2.05, 4.69) is 14.9 Å². The molecule has 5 nitrogen and oxygen atoms in total. The molecule has 3 atom stereocenters. The van der Waals surface area contributed by atoms with Crippen LogP contribution < -0.4 is 11.1 Å². The van der Waals surface area contributed by atoms with Gasteiger partial charge in [-0.15, -0.1) is 0 Å². The first-order chi connectivity index (χ1) is 9.08. The van der Waals surface area contributed by atoms with E-state index < -0.39 is 0 Å². The minimum Gasteiger partial charge on any atom is -0.351 e. The number of nitrogens with one attached hydrogen (secondary N) is 1. The van der Waals surface area contributed by atoms with Crippen LogP contribution in [0, 0.1) is 5.92 Å². The van der Waals surface area contributed by atoms with Crippen molar-refractivity contribution >= 4 is 5.91 Å². The van der Waals surface area contributed by atoms with Crippen LogP contribution in [0.25, 0.3) is 0 Å². The normalized spacial score (nSPS) is 24.6. The van der Waals surface area contributed by atoms with Gasteiger partial charge in [-0.2, -0.15) is 0 Å². The molecule has 1 heterocycles. The predicted molar refractivity (Wildman–Crippen MR) is 74.5 cm³/mol. The van der Waals surface area contributed by atoms with Crippen LogP contribution in [0.3, 0.4) is 0 Å². The van der Waals surface area contributed by atoms with Crippen LogP contribution in [0.1, 0.15) is 45.6 Å². The van der Waals surface area contributed by atoms with Gasteiger partial charge in [0.2, 0.25) is 5.91 Å². The Balaban J connectivity index is 1.89. The molecule has 5 heteroatoms. The van der Waals surface area contributed by atoms with E-state index in [0.29, 0.717) is 18.4 Å². The van der Waals surface area contributed by atoms with Crippen molar-refractivity contribution in [2.45, 2.75) is 57.7 Å². The molecule has 1 aromatic heterocycles. The molecule has 3 unspecified atom stereocenters. The fraction of sp³-hybridized carbons (Fsp3) is 0.714. The predicted octanol–water partition coefficient (Wildman–Crippen LogP) is 1.47. The van der Waals surface area contributed by atoms with Crippen molar-refractivity contribution in [2.75, 3.05) is 0 Å². The fourth-order valence-electron chi connectivity index (χ4n) is 2.65. The average molecular weight is 264 g/mol. The standard InChI is InChI=1S/C14H24N4O/c1-10(2)11(15)8-14(19)17-12-4-3-5-13(12)18-7-6-16-9-18/h6-7,9-13H,3-5,8,15H2,1-2H3,(H,17,19). The summed E-state index contributed by atoms with van der Waals surface area (Å²) in [6, 6.07) is 0.482. The van der Waals surface area contributed by atoms with E-state index in [4.69, 9.17) is 5.73 Å². The summed E-state index contributed by atoms with van der Waals surface area (Å²) in [7, 11) is 0. The Labute approximate surface area is 114 Å².